The van der Waals surface area contributed by atoms with Gasteiger partial charge in [0.25, 0.3) is 5.91 Å². The molecule has 0 radical (unpaired) electrons. The molecule has 0 fully saturated rings. The maximum absolute atomic E-state index is 12.0. The van der Waals surface area contributed by atoms with Crippen molar-refractivity contribution in [3.8, 4) is 0 Å². The Hall–Kier alpha value is -1.17. The third-order valence-corrected chi connectivity index (χ3v) is 2.82. The summed E-state index contributed by atoms with van der Waals surface area (Å²) < 4.78 is 10.1. The Morgan fingerprint density at radius 1 is 1.35 bits per heavy atom. The standard InChI is InChI=1S/C14H21ClN2O3/c1-10(2)12-8-11(9-13(15)17-12)14(18)16-4-5-20-7-6-19-3/h8-10H,4-7H2,1-3H3,(H,16,18). The van der Waals surface area contributed by atoms with Crippen LogP contribution in [-0.4, -0.2) is 44.4 Å². The fourth-order valence-corrected chi connectivity index (χ4v) is 1.74. The van der Waals surface area contributed by atoms with Gasteiger partial charge in [-0.05, 0) is 18.1 Å². The first-order valence-corrected chi connectivity index (χ1v) is 6.94. The number of nitrogens with zero attached hydrogens (tertiary/aromatic N) is 1. The summed E-state index contributed by atoms with van der Waals surface area (Å²) in [5.74, 6) is 0.0455. The fraction of sp³-hybridized carbons (Fsp3) is 0.571. The van der Waals surface area contributed by atoms with Crippen LogP contribution in [0.1, 0.15) is 35.8 Å². The summed E-state index contributed by atoms with van der Waals surface area (Å²) in [6.07, 6.45) is 0. The van der Waals surface area contributed by atoms with Gasteiger partial charge in [0.15, 0.2) is 0 Å². The molecule has 1 amide bonds. The molecule has 0 spiro atoms. The molecule has 1 rings (SSSR count). The molecule has 0 unspecified atom stereocenters. The lowest BCUT2D eigenvalue weighted by molar-refractivity contribution is 0.0692. The number of halogens is 1. The van der Waals surface area contributed by atoms with Crippen molar-refractivity contribution in [3.63, 3.8) is 0 Å². The zero-order chi connectivity index (χ0) is 15.0. The highest BCUT2D eigenvalue weighted by atomic mass is 35.5. The van der Waals surface area contributed by atoms with Gasteiger partial charge in [-0.3, -0.25) is 4.79 Å². The maximum Gasteiger partial charge on any atom is 0.251 e. The second kappa shape index (κ2) is 8.89. The van der Waals surface area contributed by atoms with Crippen molar-refractivity contribution >= 4 is 17.5 Å². The Morgan fingerprint density at radius 3 is 2.75 bits per heavy atom. The number of amides is 1. The second-order valence-corrected chi connectivity index (χ2v) is 5.01. The summed E-state index contributed by atoms with van der Waals surface area (Å²) in [4.78, 5) is 16.2. The molecule has 0 aliphatic carbocycles. The van der Waals surface area contributed by atoms with Crippen molar-refractivity contribution in [3.05, 3.63) is 28.5 Å². The van der Waals surface area contributed by atoms with Crippen molar-refractivity contribution in [2.24, 2.45) is 0 Å². The van der Waals surface area contributed by atoms with Crippen molar-refractivity contribution in [1.82, 2.24) is 10.3 Å². The minimum absolute atomic E-state index is 0.174. The molecule has 1 aromatic heterocycles. The van der Waals surface area contributed by atoms with Gasteiger partial charge in [0.2, 0.25) is 0 Å². The number of methoxy groups -OCH3 is 1. The van der Waals surface area contributed by atoms with Gasteiger partial charge in [-0.1, -0.05) is 25.4 Å². The van der Waals surface area contributed by atoms with Crippen LogP contribution in [0.5, 0.6) is 0 Å². The van der Waals surface area contributed by atoms with Gasteiger partial charge in [0.05, 0.1) is 19.8 Å². The lowest BCUT2D eigenvalue weighted by Gasteiger charge is -2.09. The minimum Gasteiger partial charge on any atom is -0.382 e. The number of nitrogens with one attached hydrogen (secondary N) is 1. The van der Waals surface area contributed by atoms with Crippen LogP contribution in [0, 0.1) is 0 Å². The summed E-state index contributed by atoms with van der Waals surface area (Å²) in [5.41, 5.74) is 1.32. The molecule has 1 N–H and O–H groups in total. The minimum atomic E-state index is -0.174. The van der Waals surface area contributed by atoms with Crippen LogP contribution >= 0.6 is 11.6 Å². The van der Waals surface area contributed by atoms with E-state index in [1.54, 1.807) is 19.2 Å². The smallest absolute Gasteiger partial charge is 0.251 e. The highest BCUT2D eigenvalue weighted by Gasteiger charge is 2.10. The van der Waals surface area contributed by atoms with E-state index in [2.05, 4.69) is 10.3 Å². The Morgan fingerprint density at radius 2 is 2.10 bits per heavy atom. The van der Waals surface area contributed by atoms with Crippen LogP contribution in [0.2, 0.25) is 5.15 Å². The number of hydrogen-bond donors (Lipinski definition) is 1. The monoisotopic (exact) mass is 300 g/mol. The van der Waals surface area contributed by atoms with Gasteiger partial charge in [0, 0.05) is 24.9 Å². The third kappa shape index (κ3) is 5.86. The van der Waals surface area contributed by atoms with E-state index in [9.17, 15) is 4.79 Å². The van der Waals surface area contributed by atoms with Crippen LogP contribution in [0.25, 0.3) is 0 Å². The molecule has 6 heteroatoms. The van der Waals surface area contributed by atoms with Crippen molar-refractivity contribution < 1.29 is 14.3 Å². The Labute approximate surface area is 124 Å². The fourth-order valence-electron chi connectivity index (χ4n) is 1.53. The quantitative estimate of drug-likeness (QED) is 0.591. The highest BCUT2D eigenvalue weighted by molar-refractivity contribution is 6.29. The third-order valence-electron chi connectivity index (χ3n) is 2.63. The Bertz CT molecular complexity index is 438. The van der Waals surface area contributed by atoms with E-state index in [-0.39, 0.29) is 11.8 Å². The predicted molar refractivity (Wildman–Crippen MR) is 78.4 cm³/mol. The van der Waals surface area contributed by atoms with Crippen LogP contribution < -0.4 is 5.32 Å². The van der Waals surface area contributed by atoms with E-state index in [0.29, 0.717) is 37.1 Å². The molecular formula is C14H21ClN2O3. The summed E-state index contributed by atoms with van der Waals surface area (Å²) in [6.45, 7) is 5.97. The van der Waals surface area contributed by atoms with Crippen molar-refractivity contribution in [1.29, 1.82) is 0 Å². The molecule has 20 heavy (non-hydrogen) atoms. The van der Waals surface area contributed by atoms with Crippen LogP contribution in [0.4, 0.5) is 0 Å². The van der Waals surface area contributed by atoms with E-state index in [1.807, 2.05) is 13.8 Å². The number of hydrogen-bond acceptors (Lipinski definition) is 4. The average molecular weight is 301 g/mol. The number of ether oxygens (including phenoxy) is 2. The summed E-state index contributed by atoms with van der Waals surface area (Å²) in [6, 6.07) is 3.33. The van der Waals surface area contributed by atoms with Gasteiger partial charge >= 0.3 is 0 Å². The molecule has 0 saturated heterocycles. The molecule has 1 heterocycles. The zero-order valence-electron chi connectivity index (χ0n) is 12.1. The van der Waals surface area contributed by atoms with E-state index in [0.717, 1.165) is 5.69 Å². The first-order chi connectivity index (χ1) is 9.54. The van der Waals surface area contributed by atoms with E-state index in [4.69, 9.17) is 21.1 Å². The number of carbonyl (C=O) groups excluding carboxylic acids is 1. The first kappa shape index (κ1) is 16.9. The lowest BCUT2D eigenvalue weighted by Crippen LogP contribution is -2.27. The molecule has 0 aromatic carbocycles. The summed E-state index contributed by atoms with van der Waals surface area (Å²) in [5, 5.41) is 3.11. The SMILES string of the molecule is COCCOCCNC(=O)c1cc(Cl)nc(C(C)C)c1. The van der Waals surface area contributed by atoms with E-state index < -0.39 is 0 Å². The van der Waals surface area contributed by atoms with Gasteiger partial charge in [-0.15, -0.1) is 0 Å². The molecule has 0 aliphatic heterocycles. The number of pyridine rings is 1. The summed E-state index contributed by atoms with van der Waals surface area (Å²) >= 11 is 5.93. The topological polar surface area (TPSA) is 60.5 Å². The number of aromatic nitrogens is 1. The number of rotatable bonds is 8. The van der Waals surface area contributed by atoms with Gasteiger partial charge < -0.3 is 14.8 Å². The molecule has 5 nitrogen and oxygen atoms in total. The van der Waals surface area contributed by atoms with Gasteiger partial charge in [-0.2, -0.15) is 0 Å². The summed E-state index contributed by atoms with van der Waals surface area (Å²) in [7, 11) is 1.62. The molecule has 112 valence electrons. The number of carbonyl (C=O) groups is 1. The normalized spacial score (nSPS) is 10.8. The second-order valence-electron chi connectivity index (χ2n) is 4.62. The van der Waals surface area contributed by atoms with Gasteiger partial charge in [-0.25, -0.2) is 4.98 Å². The average Bonchev–Trinajstić information content (AvgIpc) is 2.41. The van der Waals surface area contributed by atoms with E-state index in [1.165, 1.54) is 0 Å². The highest BCUT2D eigenvalue weighted by Crippen LogP contribution is 2.17. The Balaban J connectivity index is 2.47. The van der Waals surface area contributed by atoms with Crippen LogP contribution in [0.3, 0.4) is 0 Å². The van der Waals surface area contributed by atoms with Gasteiger partial charge in [0.1, 0.15) is 5.15 Å². The van der Waals surface area contributed by atoms with Crippen LogP contribution in [0.15, 0.2) is 12.1 Å². The molecular weight excluding hydrogens is 280 g/mol. The Kier molecular flexibility index (Phi) is 7.51. The largest absolute Gasteiger partial charge is 0.382 e. The predicted octanol–water partition coefficient (Wildman–Crippen LogP) is 2.25. The van der Waals surface area contributed by atoms with Crippen molar-refractivity contribution in [2.75, 3.05) is 33.5 Å². The molecule has 0 aliphatic rings. The molecule has 0 saturated carbocycles. The van der Waals surface area contributed by atoms with Crippen molar-refractivity contribution in [2.45, 2.75) is 19.8 Å². The lowest BCUT2D eigenvalue weighted by atomic mass is 10.1. The zero-order valence-corrected chi connectivity index (χ0v) is 12.9. The maximum atomic E-state index is 12.0. The first-order valence-electron chi connectivity index (χ1n) is 6.57. The van der Waals surface area contributed by atoms with Crippen LogP contribution in [-0.2, 0) is 9.47 Å². The van der Waals surface area contributed by atoms with E-state index >= 15 is 0 Å². The molecule has 0 atom stereocenters. The molecule has 0 bridgehead atoms. The molecule has 1 aromatic rings.